The zero-order chi connectivity index (χ0) is 27.9. The number of carbonyl (C=O) groups excluding carboxylic acids is 3. The van der Waals surface area contributed by atoms with Crippen molar-refractivity contribution in [2.75, 3.05) is 13.2 Å². The largest absolute Gasteiger partial charge is 0.508 e. The molecule has 5 aliphatic rings. The second-order valence-electron chi connectivity index (χ2n) is 13.6. The van der Waals surface area contributed by atoms with E-state index in [1.54, 1.807) is 20.8 Å². The highest BCUT2D eigenvalue weighted by atomic mass is 16.8. The van der Waals surface area contributed by atoms with Gasteiger partial charge in [-0.3, -0.25) is 4.79 Å². The van der Waals surface area contributed by atoms with Gasteiger partial charge in [-0.05, 0) is 91.9 Å². The minimum Gasteiger partial charge on any atom is -0.462 e. The van der Waals surface area contributed by atoms with Crippen LogP contribution in [0.15, 0.2) is 12.2 Å². The molecule has 0 aromatic heterocycles. The SMILES string of the molecule is C=C(C)C(=O)OCC12CC3CC(C1)CC(OC(=O)OCC1CC(CC(=O)OC(C)(C)C)OC(C)(C)O1)(C3)C2. The molecular formula is C29H44O9. The zero-order valence-electron chi connectivity index (χ0n) is 23.8. The summed E-state index contributed by atoms with van der Waals surface area (Å²) in [5, 5.41) is 0. The molecule has 5 rings (SSSR count). The van der Waals surface area contributed by atoms with Gasteiger partial charge in [0.05, 0.1) is 25.2 Å². The fourth-order valence-electron chi connectivity index (χ4n) is 7.38. The molecule has 1 saturated heterocycles. The summed E-state index contributed by atoms with van der Waals surface area (Å²) in [6, 6.07) is 0. The minimum atomic E-state index is -0.934. The molecule has 0 N–H and O–H groups in total. The van der Waals surface area contributed by atoms with Gasteiger partial charge < -0.3 is 28.4 Å². The van der Waals surface area contributed by atoms with Gasteiger partial charge in [-0.15, -0.1) is 0 Å². The molecule has 4 atom stereocenters. The Morgan fingerprint density at radius 1 is 0.947 bits per heavy atom. The standard InChI is InChI=1S/C29H44O9/c1-18(2)24(31)34-17-28-11-19-8-20(12-28)14-29(13-19,16-28)38-25(32)33-15-22-9-21(35-27(6,7)36-22)10-23(30)37-26(3,4)5/h19-22H,1,8-17H2,2-7H3. The van der Waals surface area contributed by atoms with Crippen molar-refractivity contribution in [1.82, 2.24) is 0 Å². The van der Waals surface area contributed by atoms with E-state index in [9.17, 15) is 14.4 Å². The lowest BCUT2D eigenvalue weighted by Gasteiger charge is -2.60. The first kappa shape index (κ1) is 28.9. The lowest BCUT2D eigenvalue weighted by Crippen LogP contribution is -2.58. The number of esters is 2. The Kier molecular flexibility index (Phi) is 7.94. The molecule has 4 saturated carbocycles. The van der Waals surface area contributed by atoms with E-state index in [1.165, 1.54) is 0 Å². The fourth-order valence-corrected chi connectivity index (χ4v) is 7.38. The third-order valence-electron chi connectivity index (χ3n) is 7.91. The highest BCUT2D eigenvalue weighted by Crippen LogP contribution is 2.63. The quantitative estimate of drug-likeness (QED) is 0.234. The van der Waals surface area contributed by atoms with Crippen LogP contribution in [0.4, 0.5) is 4.79 Å². The molecule has 4 bridgehead atoms. The molecule has 38 heavy (non-hydrogen) atoms. The summed E-state index contributed by atoms with van der Waals surface area (Å²) in [6.45, 7) is 14.7. The molecule has 1 aliphatic heterocycles. The van der Waals surface area contributed by atoms with Gasteiger partial charge >= 0.3 is 18.1 Å². The summed E-state index contributed by atoms with van der Waals surface area (Å²) in [7, 11) is 0. The van der Waals surface area contributed by atoms with Crippen LogP contribution in [0.2, 0.25) is 0 Å². The molecule has 0 aromatic rings. The summed E-state index contributed by atoms with van der Waals surface area (Å²) in [5.74, 6) is -0.763. The molecule has 0 radical (unpaired) electrons. The molecule has 4 unspecified atom stereocenters. The third kappa shape index (κ3) is 7.29. The number of carbonyl (C=O) groups is 3. The van der Waals surface area contributed by atoms with E-state index in [-0.39, 0.29) is 30.4 Å². The van der Waals surface area contributed by atoms with Gasteiger partial charge in [-0.2, -0.15) is 0 Å². The summed E-state index contributed by atoms with van der Waals surface area (Å²) < 4.78 is 34.5. The van der Waals surface area contributed by atoms with Gasteiger partial charge in [0, 0.05) is 17.4 Å². The van der Waals surface area contributed by atoms with Gasteiger partial charge in [-0.25, -0.2) is 9.59 Å². The Hall–Kier alpha value is -2.13. The summed E-state index contributed by atoms with van der Waals surface area (Å²) in [5.41, 5.74) is -0.952. The predicted octanol–water partition coefficient (Wildman–Crippen LogP) is 5.24. The summed E-state index contributed by atoms with van der Waals surface area (Å²) in [6.07, 6.45) is 4.31. The monoisotopic (exact) mass is 536 g/mol. The molecule has 5 fully saturated rings. The van der Waals surface area contributed by atoms with Gasteiger partial charge in [0.15, 0.2) is 5.79 Å². The van der Waals surface area contributed by atoms with E-state index in [0.717, 1.165) is 32.1 Å². The van der Waals surface area contributed by atoms with E-state index in [2.05, 4.69) is 6.58 Å². The molecular weight excluding hydrogens is 492 g/mol. The molecule has 0 amide bonds. The zero-order valence-corrected chi connectivity index (χ0v) is 23.8. The van der Waals surface area contributed by atoms with Gasteiger partial charge in [0.1, 0.15) is 17.8 Å². The van der Waals surface area contributed by atoms with Crippen LogP contribution in [0.25, 0.3) is 0 Å². The van der Waals surface area contributed by atoms with Crippen molar-refractivity contribution >= 4 is 18.1 Å². The Morgan fingerprint density at radius 3 is 2.18 bits per heavy atom. The maximum absolute atomic E-state index is 12.9. The molecule has 1 heterocycles. The minimum absolute atomic E-state index is 0.000740. The van der Waals surface area contributed by atoms with Crippen LogP contribution in [0, 0.1) is 17.3 Å². The van der Waals surface area contributed by atoms with Crippen LogP contribution in [0.5, 0.6) is 0 Å². The predicted molar refractivity (Wildman–Crippen MR) is 137 cm³/mol. The highest BCUT2D eigenvalue weighted by molar-refractivity contribution is 5.86. The Morgan fingerprint density at radius 2 is 1.58 bits per heavy atom. The van der Waals surface area contributed by atoms with E-state index in [1.807, 2.05) is 20.8 Å². The van der Waals surface area contributed by atoms with E-state index < -0.39 is 35.4 Å². The third-order valence-corrected chi connectivity index (χ3v) is 7.91. The number of hydrogen-bond acceptors (Lipinski definition) is 9. The van der Waals surface area contributed by atoms with Crippen molar-refractivity contribution in [2.45, 2.75) is 122 Å². The number of rotatable bonds is 8. The average Bonchev–Trinajstić information content (AvgIpc) is 2.72. The van der Waals surface area contributed by atoms with E-state index >= 15 is 0 Å². The molecule has 9 heteroatoms. The van der Waals surface area contributed by atoms with Crippen molar-refractivity contribution < 1.29 is 42.8 Å². The van der Waals surface area contributed by atoms with Crippen LogP contribution < -0.4 is 0 Å². The van der Waals surface area contributed by atoms with Crippen LogP contribution in [0.3, 0.4) is 0 Å². The van der Waals surface area contributed by atoms with E-state index in [0.29, 0.717) is 36.9 Å². The number of ether oxygens (including phenoxy) is 6. The van der Waals surface area contributed by atoms with Gasteiger partial charge in [-0.1, -0.05) is 6.58 Å². The van der Waals surface area contributed by atoms with Crippen LogP contribution in [-0.2, 0) is 38.0 Å². The summed E-state index contributed by atoms with van der Waals surface area (Å²) >= 11 is 0. The Balaban J connectivity index is 1.31. The normalized spacial score (nSPS) is 35.3. The molecule has 9 nitrogen and oxygen atoms in total. The second kappa shape index (κ2) is 10.5. The topological polar surface area (TPSA) is 107 Å². The van der Waals surface area contributed by atoms with E-state index in [4.69, 9.17) is 28.4 Å². The second-order valence-corrected chi connectivity index (χ2v) is 13.6. The van der Waals surface area contributed by atoms with Gasteiger partial charge in [0.2, 0.25) is 0 Å². The lowest BCUT2D eigenvalue weighted by molar-refractivity contribution is -0.305. The maximum Gasteiger partial charge on any atom is 0.508 e. The number of hydrogen-bond donors (Lipinski definition) is 0. The van der Waals surface area contributed by atoms with Crippen LogP contribution in [0.1, 0.15) is 92.9 Å². The summed E-state index contributed by atoms with van der Waals surface area (Å²) in [4.78, 5) is 37.3. The molecule has 0 spiro atoms. The molecule has 214 valence electrons. The van der Waals surface area contributed by atoms with Crippen molar-refractivity contribution in [3.05, 3.63) is 12.2 Å². The lowest BCUT2D eigenvalue weighted by atomic mass is 9.48. The first-order valence-corrected chi connectivity index (χ1v) is 13.8. The van der Waals surface area contributed by atoms with Gasteiger partial charge in [0.25, 0.3) is 0 Å². The van der Waals surface area contributed by atoms with Crippen molar-refractivity contribution in [2.24, 2.45) is 17.3 Å². The van der Waals surface area contributed by atoms with Crippen molar-refractivity contribution in [3.8, 4) is 0 Å². The highest BCUT2D eigenvalue weighted by Gasteiger charge is 2.60. The molecule has 4 aliphatic carbocycles. The van der Waals surface area contributed by atoms with Crippen molar-refractivity contribution in [1.29, 1.82) is 0 Å². The first-order valence-electron chi connectivity index (χ1n) is 13.8. The van der Waals surface area contributed by atoms with Crippen LogP contribution >= 0.6 is 0 Å². The van der Waals surface area contributed by atoms with Crippen LogP contribution in [-0.4, -0.2) is 60.5 Å². The maximum atomic E-state index is 12.9. The molecule has 0 aromatic carbocycles. The Labute approximate surface area is 225 Å². The first-order chi connectivity index (χ1) is 17.5. The Bertz CT molecular complexity index is 932. The average molecular weight is 537 g/mol. The smallest absolute Gasteiger partial charge is 0.462 e. The fraction of sp³-hybridized carbons (Fsp3) is 0.828. The van der Waals surface area contributed by atoms with Crippen molar-refractivity contribution in [3.63, 3.8) is 0 Å².